The molecule has 0 saturated heterocycles. The fraction of sp³-hybridized carbons (Fsp3) is 0.200. The van der Waals surface area contributed by atoms with Crippen molar-refractivity contribution in [1.82, 2.24) is 0 Å². The first-order chi connectivity index (χ1) is 17.7. The Hall–Kier alpha value is -4.58. The second kappa shape index (κ2) is 11.9. The third-order valence-electron chi connectivity index (χ3n) is 5.05. The largest absolute Gasteiger partial charge is 0.462 e. The Kier molecular flexibility index (Phi) is 8.69. The van der Waals surface area contributed by atoms with E-state index in [0.29, 0.717) is 16.8 Å². The van der Waals surface area contributed by atoms with Crippen LogP contribution >= 0.6 is 11.3 Å². The Bertz CT molecular complexity index is 1350. The average Bonchev–Trinajstić information content (AvgIpc) is 3.20. The van der Waals surface area contributed by atoms with Gasteiger partial charge in [0.1, 0.15) is 5.00 Å². The fourth-order valence-electron chi connectivity index (χ4n) is 3.27. The molecule has 0 aliphatic heterocycles. The van der Waals surface area contributed by atoms with Gasteiger partial charge >= 0.3 is 11.9 Å². The number of thiophene rings is 1. The number of hydrogen-bond donors (Lipinski definition) is 2. The highest BCUT2D eigenvalue weighted by atomic mass is 32.1. The van der Waals surface area contributed by atoms with Gasteiger partial charge in [-0.25, -0.2) is 9.59 Å². The number of benzene rings is 2. The van der Waals surface area contributed by atoms with Gasteiger partial charge in [-0.3, -0.25) is 19.7 Å². The van der Waals surface area contributed by atoms with Crippen molar-refractivity contribution in [3.8, 4) is 0 Å². The summed E-state index contributed by atoms with van der Waals surface area (Å²) < 4.78 is 10.1. The molecule has 37 heavy (non-hydrogen) atoms. The quantitative estimate of drug-likeness (QED) is 0.229. The maximum absolute atomic E-state index is 13.0. The van der Waals surface area contributed by atoms with Crippen molar-refractivity contribution in [2.45, 2.75) is 20.8 Å². The van der Waals surface area contributed by atoms with Crippen LogP contribution in [0.5, 0.6) is 0 Å². The summed E-state index contributed by atoms with van der Waals surface area (Å²) in [6, 6.07) is 11.0. The lowest BCUT2D eigenvalue weighted by Crippen LogP contribution is -2.15. The minimum atomic E-state index is -0.715. The number of amides is 2. The summed E-state index contributed by atoms with van der Waals surface area (Å²) >= 11 is 0.886. The van der Waals surface area contributed by atoms with E-state index in [1.54, 1.807) is 20.8 Å². The molecule has 0 unspecified atom stereocenters. The molecule has 2 aromatic carbocycles. The first kappa shape index (κ1) is 27.0. The first-order valence-corrected chi connectivity index (χ1v) is 11.9. The number of nitro benzene ring substituents is 1. The SMILES string of the molecule is CCOC(=O)c1ccc(NC(=O)c2sc(NC(=O)c3ccc([N+](=O)[O-])cc3)c(C(=O)OCC)c2C)cc1. The second-order valence-corrected chi connectivity index (χ2v) is 8.51. The number of nitrogens with one attached hydrogen (secondary N) is 2. The number of ether oxygens (including phenoxy) is 2. The van der Waals surface area contributed by atoms with Crippen molar-refractivity contribution in [3.05, 3.63) is 85.8 Å². The summed E-state index contributed by atoms with van der Waals surface area (Å²) in [7, 11) is 0. The molecule has 0 radical (unpaired) electrons. The maximum atomic E-state index is 13.0. The van der Waals surface area contributed by atoms with E-state index >= 15 is 0 Å². The Balaban J connectivity index is 1.86. The van der Waals surface area contributed by atoms with Crippen LogP contribution in [0.4, 0.5) is 16.4 Å². The molecule has 0 saturated carbocycles. The molecule has 3 aromatic rings. The lowest BCUT2D eigenvalue weighted by Gasteiger charge is -2.07. The van der Waals surface area contributed by atoms with Gasteiger partial charge in [0, 0.05) is 23.4 Å². The number of anilines is 2. The lowest BCUT2D eigenvalue weighted by atomic mass is 10.1. The van der Waals surface area contributed by atoms with Crippen LogP contribution in [0, 0.1) is 17.0 Å². The second-order valence-electron chi connectivity index (χ2n) is 7.49. The number of carbonyl (C=O) groups is 4. The molecule has 1 heterocycles. The van der Waals surface area contributed by atoms with E-state index in [4.69, 9.17) is 9.47 Å². The number of non-ortho nitro benzene ring substituents is 1. The van der Waals surface area contributed by atoms with Crippen LogP contribution in [0.25, 0.3) is 0 Å². The van der Waals surface area contributed by atoms with Crippen molar-refractivity contribution in [1.29, 1.82) is 0 Å². The van der Waals surface area contributed by atoms with E-state index in [0.717, 1.165) is 11.3 Å². The number of carbonyl (C=O) groups excluding carboxylic acids is 4. The van der Waals surface area contributed by atoms with Crippen molar-refractivity contribution in [2.24, 2.45) is 0 Å². The molecular weight excluding hydrogens is 502 g/mol. The molecule has 0 spiro atoms. The van der Waals surface area contributed by atoms with Gasteiger partial charge in [-0.05, 0) is 62.7 Å². The number of rotatable bonds is 9. The van der Waals surface area contributed by atoms with E-state index in [-0.39, 0.29) is 39.9 Å². The van der Waals surface area contributed by atoms with E-state index < -0.39 is 28.7 Å². The molecule has 2 amide bonds. The van der Waals surface area contributed by atoms with Crippen molar-refractivity contribution in [2.75, 3.05) is 23.8 Å². The standard InChI is InChI=1S/C25H23N3O8S/c1-4-35-24(31)16-6-10-17(11-7-16)26-22(30)20-14(3)19(25(32)36-5-2)23(37-20)27-21(29)15-8-12-18(13-9-15)28(33)34/h6-13H,4-5H2,1-3H3,(H,26,30)(H,27,29). The van der Waals surface area contributed by atoms with Gasteiger partial charge in [0.05, 0.1) is 34.1 Å². The molecule has 2 N–H and O–H groups in total. The van der Waals surface area contributed by atoms with Crippen LogP contribution < -0.4 is 10.6 Å². The van der Waals surface area contributed by atoms with E-state index in [1.165, 1.54) is 48.5 Å². The summed E-state index contributed by atoms with van der Waals surface area (Å²) in [6.45, 7) is 5.20. The lowest BCUT2D eigenvalue weighted by molar-refractivity contribution is -0.384. The highest BCUT2D eigenvalue weighted by Crippen LogP contribution is 2.35. The van der Waals surface area contributed by atoms with Gasteiger partial charge in [-0.1, -0.05) is 0 Å². The van der Waals surface area contributed by atoms with Gasteiger partial charge in [0.2, 0.25) is 0 Å². The van der Waals surface area contributed by atoms with Crippen LogP contribution in [-0.4, -0.2) is 41.9 Å². The highest BCUT2D eigenvalue weighted by molar-refractivity contribution is 7.19. The molecule has 11 nitrogen and oxygen atoms in total. The van der Waals surface area contributed by atoms with Crippen molar-refractivity contribution < 1.29 is 33.6 Å². The fourth-order valence-corrected chi connectivity index (χ4v) is 4.35. The third-order valence-corrected chi connectivity index (χ3v) is 6.26. The van der Waals surface area contributed by atoms with Gasteiger partial charge in [0.25, 0.3) is 17.5 Å². The van der Waals surface area contributed by atoms with Crippen molar-refractivity contribution in [3.63, 3.8) is 0 Å². The number of nitro groups is 1. The average molecular weight is 526 g/mol. The van der Waals surface area contributed by atoms with E-state index in [2.05, 4.69) is 10.6 Å². The van der Waals surface area contributed by atoms with Crippen molar-refractivity contribution >= 4 is 51.5 Å². The van der Waals surface area contributed by atoms with Gasteiger partial charge in [-0.15, -0.1) is 11.3 Å². The third kappa shape index (κ3) is 6.35. The highest BCUT2D eigenvalue weighted by Gasteiger charge is 2.27. The monoisotopic (exact) mass is 525 g/mol. The Morgan fingerprint density at radius 1 is 0.838 bits per heavy atom. The minimum absolute atomic E-state index is 0.0323. The predicted octanol–water partition coefficient (Wildman–Crippen LogP) is 4.82. The number of hydrogen-bond acceptors (Lipinski definition) is 9. The number of nitrogens with zero attached hydrogens (tertiary/aromatic N) is 1. The Morgan fingerprint density at radius 3 is 1.97 bits per heavy atom. The zero-order chi connectivity index (χ0) is 27.1. The molecule has 0 fully saturated rings. The smallest absolute Gasteiger partial charge is 0.341 e. The first-order valence-electron chi connectivity index (χ1n) is 11.1. The van der Waals surface area contributed by atoms with Crippen LogP contribution in [0.1, 0.15) is 60.2 Å². The summed E-state index contributed by atoms with van der Waals surface area (Å²) in [4.78, 5) is 60.7. The molecule has 1 aromatic heterocycles. The van der Waals surface area contributed by atoms with Gasteiger partial charge in [0.15, 0.2) is 0 Å². The van der Waals surface area contributed by atoms with E-state index in [1.807, 2.05) is 0 Å². The van der Waals surface area contributed by atoms with E-state index in [9.17, 15) is 29.3 Å². The van der Waals surface area contributed by atoms with Gasteiger partial charge < -0.3 is 20.1 Å². The number of esters is 2. The van der Waals surface area contributed by atoms with Crippen LogP contribution in [0.15, 0.2) is 48.5 Å². The Morgan fingerprint density at radius 2 is 1.41 bits per heavy atom. The predicted molar refractivity (Wildman–Crippen MR) is 136 cm³/mol. The van der Waals surface area contributed by atoms with Crippen LogP contribution in [-0.2, 0) is 9.47 Å². The molecule has 0 aliphatic rings. The minimum Gasteiger partial charge on any atom is -0.462 e. The normalized spacial score (nSPS) is 10.4. The summed E-state index contributed by atoms with van der Waals surface area (Å²) in [5.41, 5.74) is 1.02. The summed E-state index contributed by atoms with van der Waals surface area (Å²) in [6.07, 6.45) is 0. The zero-order valence-corrected chi connectivity index (χ0v) is 21.0. The summed E-state index contributed by atoms with van der Waals surface area (Å²) in [5, 5.41) is 16.3. The zero-order valence-electron chi connectivity index (χ0n) is 20.2. The topological polar surface area (TPSA) is 154 Å². The van der Waals surface area contributed by atoms with Crippen LogP contribution in [0.2, 0.25) is 0 Å². The Labute approximate surface area is 215 Å². The maximum Gasteiger partial charge on any atom is 0.341 e. The summed E-state index contributed by atoms with van der Waals surface area (Å²) in [5.74, 6) is -2.36. The van der Waals surface area contributed by atoms with Crippen LogP contribution in [0.3, 0.4) is 0 Å². The molecule has 0 atom stereocenters. The molecular formula is C25H23N3O8S. The molecule has 12 heteroatoms. The molecule has 3 rings (SSSR count). The van der Waals surface area contributed by atoms with Gasteiger partial charge in [-0.2, -0.15) is 0 Å². The molecule has 0 aliphatic carbocycles. The molecule has 192 valence electrons. The molecule has 0 bridgehead atoms.